The number of halogens is 1. The molecule has 0 bridgehead atoms. The summed E-state index contributed by atoms with van der Waals surface area (Å²) in [6.45, 7) is 3.56. The van der Waals surface area contributed by atoms with Crippen molar-refractivity contribution in [3.8, 4) is 5.69 Å². The van der Waals surface area contributed by atoms with Crippen LogP contribution >= 0.6 is 35.3 Å². The maximum Gasteiger partial charge on any atom is 0.191 e. The Labute approximate surface area is 174 Å². The summed E-state index contributed by atoms with van der Waals surface area (Å²) in [5.41, 5.74) is 2.29. The SMILES string of the molecule is CN=C(NCCc1ncc(C)s1)NCc1ccccc1-n1ccnc1.I. The molecule has 0 radical (unpaired) electrons. The second-order valence-electron chi connectivity index (χ2n) is 5.57. The highest BCUT2D eigenvalue weighted by Gasteiger charge is 2.05. The fraction of sp³-hybridized carbons (Fsp3) is 0.278. The molecule has 0 atom stereocenters. The highest BCUT2D eigenvalue weighted by molar-refractivity contribution is 14.0. The Morgan fingerprint density at radius 1 is 1.27 bits per heavy atom. The van der Waals surface area contributed by atoms with E-state index in [9.17, 15) is 0 Å². The van der Waals surface area contributed by atoms with Gasteiger partial charge in [0, 0.05) is 50.0 Å². The lowest BCUT2D eigenvalue weighted by Crippen LogP contribution is -2.38. The van der Waals surface area contributed by atoms with Gasteiger partial charge in [-0.2, -0.15) is 0 Å². The average molecular weight is 482 g/mol. The van der Waals surface area contributed by atoms with Crippen molar-refractivity contribution in [2.45, 2.75) is 19.9 Å². The van der Waals surface area contributed by atoms with E-state index in [1.807, 2.05) is 35.4 Å². The molecule has 2 N–H and O–H groups in total. The number of nitrogens with one attached hydrogen (secondary N) is 2. The summed E-state index contributed by atoms with van der Waals surface area (Å²) < 4.78 is 2.01. The van der Waals surface area contributed by atoms with Crippen molar-refractivity contribution in [1.82, 2.24) is 25.2 Å². The number of benzene rings is 1. The summed E-state index contributed by atoms with van der Waals surface area (Å²) in [6, 6.07) is 8.26. The summed E-state index contributed by atoms with van der Waals surface area (Å²) in [7, 11) is 1.78. The van der Waals surface area contributed by atoms with E-state index in [1.165, 1.54) is 10.4 Å². The highest BCUT2D eigenvalue weighted by atomic mass is 127. The van der Waals surface area contributed by atoms with Gasteiger partial charge in [-0.1, -0.05) is 18.2 Å². The summed E-state index contributed by atoms with van der Waals surface area (Å²) >= 11 is 1.74. The van der Waals surface area contributed by atoms with Crippen LogP contribution in [0.1, 0.15) is 15.4 Å². The first-order valence-corrected chi connectivity index (χ1v) is 9.00. The maximum atomic E-state index is 4.38. The number of aryl methyl sites for hydroxylation is 1. The molecule has 0 saturated carbocycles. The van der Waals surface area contributed by atoms with E-state index < -0.39 is 0 Å². The number of thiazole rings is 1. The number of rotatable bonds is 6. The number of guanidine groups is 1. The topological polar surface area (TPSA) is 67.1 Å². The van der Waals surface area contributed by atoms with Gasteiger partial charge in [0.15, 0.2) is 5.96 Å². The Morgan fingerprint density at radius 3 is 2.81 bits per heavy atom. The van der Waals surface area contributed by atoms with Crippen molar-refractivity contribution >= 4 is 41.3 Å². The van der Waals surface area contributed by atoms with E-state index >= 15 is 0 Å². The molecule has 3 rings (SSSR count). The van der Waals surface area contributed by atoms with Crippen molar-refractivity contribution in [3.63, 3.8) is 0 Å². The van der Waals surface area contributed by atoms with Gasteiger partial charge in [-0.05, 0) is 18.6 Å². The second-order valence-corrected chi connectivity index (χ2v) is 6.89. The van der Waals surface area contributed by atoms with Crippen LogP contribution in [0.15, 0.2) is 54.2 Å². The molecule has 6 nitrogen and oxygen atoms in total. The van der Waals surface area contributed by atoms with E-state index in [0.717, 1.165) is 29.6 Å². The monoisotopic (exact) mass is 482 g/mol. The van der Waals surface area contributed by atoms with Gasteiger partial charge in [0.05, 0.1) is 17.0 Å². The molecule has 0 amide bonds. The van der Waals surface area contributed by atoms with E-state index in [1.54, 1.807) is 24.6 Å². The molecule has 0 spiro atoms. The molecule has 26 heavy (non-hydrogen) atoms. The molecule has 8 heteroatoms. The molecule has 0 fully saturated rings. The first kappa shape index (κ1) is 20.4. The molecule has 138 valence electrons. The fourth-order valence-corrected chi connectivity index (χ4v) is 3.30. The molecule has 2 aromatic heterocycles. The van der Waals surface area contributed by atoms with Crippen LogP contribution in [-0.4, -0.2) is 34.1 Å². The zero-order chi connectivity index (χ0) is 17.5. The van der Waals surface area contributed by atoms with E-state index in [4.69, 9.17) is 0 Å². The third-order valence-corrected chi connectivity index (χ3v) is 4.72. The predicted molar refractivity (Wildman–Crippen MR) is 118 cm³/mol. The maximum absolute atomic E-state index is 4.38. The zero-order valence-corrected chi connectivity index (χ0v) is 18.0. The van der Waals surface area contributed by atoms with Crippen molar-refractivity contribution in [3.05, 3.63) is 64.6 Å². The number of imidazole rings is 1. The lowest BCUT2D eigenvalue weighted by molar-refractivity contribution is 0.788. The minimum absolute atomic E-state index is 0. The van der Waals surface area contributed by atoms with Gasteiger partial charge in [-0.25, -0.2) is 9.97 Å². The summed E-state index contributed by atoms with van der Waals surface area (Å²) in [5.74, 6) is 0.786. The van der Waals surface area contributed by atoms with Gasteiger partial charge in [0.2, 0.25) is 0 Å². The van der Waals surface area contributed by atoms with Gasteiger partial charge in [0.25, 0.3) is 0 Å². The molecule has 0 aliphatic rings. The molecule has 0 saturated heterocycles. The molecule has 1 aromatic carbocycles. The zero-order valence-electron chi connectivity index (χ0n) is 14.8. The normalized spacial score (nSPS) is 11.1. The molecule has 3 aromatic rings. The summed E-state index contributed by atoms with van der Waals surface area (Å²) in [5, 5.41) is 7.85. The van der Waals surface area contributed by atoms with Gasteiger partial charge in [0.1, 0.15) is 0 Å². The third-order valence-electron chi connectivity index (χ3n) is 3.74. The Kier molecular flexibility index (Phi) is 8.05. The van der Waals surface area contributed by atoms with Crippen molar-refractivity contribution in [1.29, 1.82) is 0 Å². The number of hydrogen-bond donors (Lipinski definition) is 2. The Balaban J connectivity index is 0.00000243. The number of para-hydroxylation sites is 1. The second kappa shape index (κ2) is 10.3. The fourth-order valence-electron chi connectivity index (χ4n) is 2.52. The standard InChI is InChI=1S/C18H22N6S.HI/c1-14-11-22-17(25-14)7-8-21-18(19-2)23-12-15-5-3-4-6-16(15)24-10-9-20-13-24;/h3-6,9-11,13H,7-8,12H2,1-2H3,(H2,19,21,23);1H. The van der Waals surface area contributed by atoms with Crippen LogP contribution in [0.3, 0.4) is 0 Å². The van der Waals surface area contributed by atoms with E-state index in [0.29, 0.717) is 6.54 Å². The Morgan fingerprint density at radius 2 is 2.12 bits per heavy atom. The minimum Gasteiger partial charge on any atom is -0.356 e. The lowest BCUT2D eigenvalue weighted by Gasteiger charge is -2.14. The van der Waals surface area contributed by atoms with Gasteiger partial charge in [-0.3, -0.25) is 4.99 Å². The van der Waals surface area contributed by atoms with Crippen molar-refractivity contribution in [2.75, 3.05) is 13.6 Å². The number of hydrogen-bond acceptors (Lipinski definition) is 4. The minimum atomic E-state index is 0. The molecular formula is C18H23IN6S. The molecule has 2 heterocycles. The Bertz CT molecular complexity index is 828. The predicted octanol–water partition coefficient (Wildman–Crippen LogP) is 3.16. The molecule has 0 unspecified atom stereocenters. The number of aromatic nitrogens is 3. The van der Waals surface area contributed by atoms with Crippen molar-refractivity contribution < 1.29 is 0 Å². The lowest BCUT2D eigenvalue weighted by atomic mass is 10.1. The van der Waals surface area contributed by atoms with Crippen molar-refractivity contribution in [2.24, 2.45) is 4.99 Å². The number of nitrogens with zero attached hydrogens (tertiary/aromatic N) is 4. The quantitative estimate of drug-likeness (QED) is 0.322. The first-order chi connectivity index (χ1) is 12.3. The van der Waals surface area contributed by atoms with E-state index in [-0.39, 0.29) is 24.0 Å². The Hall–Kier alpha value is -1.94. The van der Waals surface area contributed by atoms with Crippen LogP contribution < -0.4 is 10.6 Å². The van der Waals surface area contributed by atoms with Crippen LogP contribution in [0.2, 0.25) is 0 Å². The van der Waals surface area contributed by atoms with Gasteiger partial charge < -0.3 is 15.2 Å². The highest BCUT2D eigenvalue weighted by Crippen LogP contribution is 2.14. The average Bonchev–Trinajstić information content (AvgIpc) is 3.30. The molecule has 0 aliphatic heterocycles. The van der Waals surface area contributed by atoms with Crippen LogP contribution in [0, 0.1) is 6.92 Å². The van der Waals surface area contributed by atoms with Gasteiger partial charge >= 0.3 is 0 Å². The molecular weight excluding hydrogens is 459 g/mol. The smallest absolute Gasteiger partial charge is 0.191 e. The van der Waals surface area contributed by atoms with Crippen LogP contribution in [0.5, 0.6) is 0 Å². The first-order valence-electron chi connectivity index (χ1n) is 8.18. The van der Waals surface area contributed by atoms with E-state index in [2.05, 4.69) is 44.7 Å². The molecule has 0 aliphatic carbocycles. The summed E-state index contributed by atoms with van der Waals surface area (Å²) in [4.78, 5) is 14.0. The summed E-state index contributed by atoms with van der Waals surface area (Å²) in [6.07, 6.45) is 8.35. The largest absolute Gasteiger partial charge is 0.356 e. The van der Waals surface area contributed by atoms with Gasteiger partial charge in [-0.15, -0.1) is 35.3 Å². The van der Waals surface area contributed by atoms with Crippen LogP contribution in [-0.2, 0) is 13.0 Å². The third kappa shape index (κ3) is 5.53. The van der Waals surface area contributed by atoms with Crippen LogP contribution in [0.4, 0.5) is 0 Å². The van der Waals surface area contributed by atoms with Crippen LogP contribution in [0.25, 0.3) is 5.69 Å². The number of aliphatic imine (C=N–C) groups is 1.